The summed E-state index contributed by atoms with van der Waals surface area (Å²) in [7, 11) is 0. The first-order valence-electron chi connectivity index (χ1n) is 5.77. The van der Waals surface area contributed by atoms with E-state index in [1.165, 1.54) is 5.56 Å². The van der Waals surface area contributed by atoms with Crippen LogP contribution in [-0.4, -0.2) is 6.54 Å². The molecule has 0 aliphatic heterocycles. The molecule has 98 valence electrons. The average Bonchev–Trinajstić information content (AvgIpc) is 2.39. The molecule has 0 unspecified atom stereocenters. The molecule has 0 bridgehead atoms. The Labute approximate surface area is 124 Å². The van der Waals surface area contributed by atoms with Crippen molar-refractivity contribution in [1.29, 1.82) is 0 Å². The van der Waals surface area contributed by atoms with E-state index < -0.39 is 0 Å². The fraction of sp³-hybridized carbons (Fsp3) is 0.200. The first-order chi connectivity index (χ1) is 8.33. The Kier molecular flexibility index (Phi) is 10.8. The number of rotatable bonds is 3. The minimum atomic E-state index is 0. The molecule has 0 saturated carbocycles. The van der Waals surface area contributed by atoms with Crippen LogP contribution in [0, 0.1) is 0 Å². The van der Waals surface area contributed by atoms with E-state index in [-0.39, 0.29) is 12.4 Å². The van der Waals surface area contributed by atoms with Crippen molar-refractivity contribution in [2.24, 2.45) is 5.73 Å². The Morgan fingerprint density at radius 1 is 0.833 bits per heavy atom. The molecule has 1 nitrogen and oxygen atoms in total. The van der Waals surface area contributed by atoms with Gasteiger partial charge in [-0.15, -0.1) is 12.4 Å². The summed E-state index contributed by atoms with van der Waals surface area (Å²) in [6.45, 7) is 0.787. The average molecular weight is 329 g/mol. The fourth-order valence-corrected chi connectivity index (χ4v) is 1.67. The molecule has 0 aliphatic carbocycles. The smallest absolute Gasteiger partial charge is 0.0175 e. The van der Waals surface area contributed by atoms with Gasteiger partial charge in [0.1, 0.15) is 0 Å². The summed E-state index contributed by atoms with van der Waals surface area (Å²) in [5.74, 6) is 0. The van der Waals surface area contributed by atoms with Crippen molar-refractivity contribution in [2.75, 3.05) is 6.54 Å². The van der Waals surface area contributed by atoms with Crippen molar-refractivity contribution in [3.8, 4) is 0 Å². The van der Waals surface area contributed by atoms with E-state index in [1.807, 2.05) is 36.4 Å². The van der Waals surface area contributed by atoms with Crippen LogP contribution in [0.4, 0.5) is 0 Å². The predicted molar refractivity (Wildman–Crippen MR) is 85.2 cm³/mol. The van der Waals surface area contributed by atoms with Crippen LogP contribution in [0.1, 0.15) is 12.0 Å². The molecule has 0 heterocycles. The van der Waals surface area contributed by atoms with Crippen molar-refractivity contribution < 1.29 is 0 Å². The SMILES string of the molecule is Brc1ccccc1.Cl.NCCCc1ccccc1. The molecule has 2 rings (SSSR count). The predicted octanol–water partition coefficient (Wildman–Crippen LogP) is 4.45. The van der Waals surface area contributed by atoms with Crippen molar-refractivity contribution in [2.45, 2.75) is 12.8 Å². The maximum atomic E-state index is 5.38. The Hall–Kier alpha value is -0.830. The summed E-state index contributed by atoms with van der Waals surface area (Å²) >= 11 is 3.31. The van der Waals surface area contributed by atoms with Gasteiger partial charge in [-0.25, -0.2) is 0 Å². The van der Waals surface area contributed by atoms with Gasteiger partial charge < -0.3 is 5.73 Å². The molecular weight excluding hydrogens is 310 g/mol. The second kappa shape index (κ2) is 11.3. The van der Waals surface area contributed by atoms with E-state index in [0.717, 1.165) is 23.9 Å². The Balaban J connectivity index is 0.000000321. The number of hydrogen-bond acceptors (Lipinski definition) is 1. The molecule has 0 aromatic heterocycles. The second-order valence-electron chi connectivity index (χ2n) is 3.67. The number of hydrogen-bond donors (Lipinski definition) is 1. The van der Waals surface area contributed by atoms with Crippen LogP contribution < -0.4 is 5.73 Å². The van der Waals surface area contributed by atoms with E-state index in [2.05, 4.69) is 40.2 Å². The highest BCUT2D eigenvalue weighted by atomic mass is 79.9. The Morgan fingerprint density at radius 3 is 1.72 bits per heavy atom. The van der Waals surface area contributed by atoms with Crippen LogP contribution in [0.2, 0.25) is 0 Å². The van der Waals surface area contributed by atoms with Gasteiger partial charge in [-0.2, -0.15) is 0 Å². The molecule has 0 aliphatic rings. The molecule has 2 aromatic carbocycles. The summed E-state index contributed by atoms with van der Waals surface area (Å²) in [4.78, 5) is 0. The summed E-state index contributed by atoms with van der Waals surface area (Å²) in [5.41, 5.74) is 6.76. The van der Waals surface area contributed by atoms with E-state index in [0.29, 0.717) is 0 Å². The molecule has 0 fully saturated rings. The molecule has 2 N–H and O–H groups in total. The zero-order valence-corrected chi connectivity index (χ0v) is 12.7. The monoisotopic (exact) mass is 327 g/mol. The lowest BCUT2D eigenvalue weighted by atomic mass is 10.1. The standard InChI is InChI=1S/C9H13N.C6H5Br.ClH/c10-8-4-7-9-5-2-1-3-6-9;7-6-4-2-1-3-5-6;/h1-3,5-6H,4,7-8,10H2;1-5H;1H. The van der Waals surface area contributed by atoms with Crippen LogP contribution in [0.5, 0.6) is 0 Å². The van der Waals surface area contributed by atoms with Crippen molar-refractivity contribution >= 4 is 28.3 Å². The maximum absolute atomic E-state index is 5.38. The van der Waals surface area contributed by atoms with Crippen LogP contribution >= 0.6 is 28.3 Å². The van der Waals surface area contributed by atoms with Gasteiger partial charge in [-0.05, 0) is 37.1 Å². The van der Waals surface area contributed by atoms with Gasteiger partial charge in [0.05, 0.1) is 0 Å². The molecule has 0 radical (unpaired) electrons. The third-order valence-electron chi connectivity index (χ3n) is 2.25. The van der Waals surface area contributed by atoms with Crippen molar-refractivity contribution in [3.05, 3.63) is 70.7 Å². The summed E-state index contributed by atoms with van der Waals surface area (Å²) < 4.78 is 1.13. The highest BCUT2D eigenvalue weighted by Crippen LogP contribution is 2.05. The van der Waals surface area contributed by atoms with Crippen molar-refractivity contribution in [3.63, 3.8) is 0 Å². The lowest BCUT2D eigenvalue weighted by molar-refractivity contribution is 0.833. The van der Waals surface area contributed by atoms with Gasteiger partial charge in [0.2, 0.25) is 0 Å². The molecule has 18 heavy (non-hydrogen) atoms. The summed E-state index contributed by atoms with van der Waals surface area (Å²) in [6, 6.07) is 20.4. The van der Waals surface area contributed by atoms with E-state index in [4.69, 9.17) is 5.73 Å². The highest BCUT2D eigenvalue weighted by molar-refractivity contribution is 9.10. The number of halogens is 2. The fourth-order valence-electron chi connectivity index (χ4n) is 1.37. The lowest BCUT2D eigenvalue weighted by Crippen LogP contribution is -1.99. The molecule has 2 aromatic rings. The third-order valence-corrected chi connectivity index (χ3v) is 2.77. The van der Waals surface area contributed by atoms with Gasteiger partial charge in [0.25, 0.3) is 0 Å². The van der Waals surface area contributed by atoms with Crippen LogP contribution in [0.15, 0.2) is 65.1 Å². The van der Waals surface area contributed by atoms with Crippen LogP contribution in [0.3, 0.4) is 0 Å². The molecule has 0 atom stereocenters. The maximum Gasteiger partial charge on any atom is 0.0175 e. The molecule has 0 spiro atoms. The molecule has 3 heteroatoms. The number of benzene rings is 2. The molecular formula is C15H19BrClN. The molecule has 0 saturated heterocycles. The normalized spacial score (nSPS) is 8.78. The third kappa shape index (κ3) is 8.29. The largest absolute Gasteiger partial charge is 0.330 e. The van der Waals surface area contributed by atoms with E-state index in [1.54, 1.807) is 0 Å². The molecule has 0 amide bonds. The topological polar surface area (TPSA) is 26.0 Å². The van der Waals surface area contributed by atoms with Crippen molar-refractivity contribution in [1.82, 2.24) is 0 Å². The van der Waals surface area contributed by atoms with Crippen LogP contribution in [0.25, 0.3) is 0 Å². The zero-order valence-electron chi connectivity index (χ0n) is 10.3. The highest BCUT2D eigenvalue weighted by Gasteiger charge is 1.87. The minimum absolute atomic E-state index is 0. The first-order valence-corrected chi connectivity index (χ1v) is 6.57. The van der Waals surface area contributed by atoms with Gasteiger partial charge in [-0.3, -0.25) is 0 Å². The van der Waals surface area contributed by atoms with Gasteiger partial charge >= 0.3 is 0 Å². The zero-order chi connectivity index (χ0) is 12.3. The van der Waals surface area contributed by atoms with E-state index in [9.17, 15) is 0 Å². The number of aryl methyl sites for hydroxylation is 1. The Morgan fingerprint density at radius 2 is 1.33 bits per heavy atom. The minimum Gasteiger partial charge on any atom is -0.330 e. The van der Waals surface area contributed by atoms with Gasteiger partial charge in [0, 0.05) is 4.47 Å². The van der Waals surface area contributed by atoms with E-state index >= 15 is 0 Å². The second-order valence-corrected chi connectivity index (χ2v) is 4.59. The van der Waals surface area contributed by atoms with Gasteiger partial charge in [0.15, 0.2) is 0 Å². The first kappa shape index (κ1) is 17.2. The quantitative estimate of drug-likeness (QED) is 0.885. The van der Waals surface area contributed by atoms with Crippen LogP contribution in [-0.2, 0) is 6.42 Å². The lowest BCUT2D eigenvalue weighted by Gasteiger charge is -1.96. The summed E-state index contributed by atoms with van der Waals surface area (Å²) in [5, 5.41) is 0. The Bertz CT molecular complexity index is 392. The summed E-state index contributed by atoms with van der Waals surface area (Å²) in [6.07, 6.45) is 2.20. The van der Waals surface area contributed by atoms with Gasteiger partial charge in [-0.1, -0.05) is 64.5 Å². The number of nitrogens with two attached hydrogens (primary N) is 1.